The first-order valence-corrected chi connectivity index (χ1v) is 5.08. The van der Waals surface area contributed by atoms with Gasteiger partial charge >= 0.3 is 0 Å². The van der Waals surface area contributed by atoms with Crippen molar-refractivity contribution < 1.29 is 13.2 Å². The van der Waals surface area contributed by atoms with Crippen LogP contribution in [-0.2, 0) is 0 Å². The largest absolute Gasteiger partial charge is 0.376 e. The maximum atomic E-state index is 12.7. The predicted octanol–water partition coefficient (Wildman–Crippen LogP) is 3.50. The first-order chi connectivity index (χ1) is 6.50. The molecule has 0 heterocycles. The highest BCUT2D eigenvalue weighted by Gasteiger charge is 2.14. The van der Waals surface area contributed by atoms with Crippen molar-refractivity contribution in [2.24, 2.45) is 0 Å². The third-order valence-electron chi connectivity index (χ3n) is 1.69. The molecule has 0 aliphatic rings. The lowest BCUT2D eigenvalue weighted by molar-refractivity contribution is 0.130. The van der Waals surface area contributed by atoms with Gasteiger partial charge in [0.2, 0.25) is 0 Å². The lowest BCUT2D eigenvalue weighted by Gasteiger charge is -2.15. The van der Waals surface area contributed by atoms with Crippen LogP contribution in [0.3, 0.4) is 0 Å². The topological polar surface area (TPSA) is 12.0 Å². The third-order valence-corrected chi connectivity index (χ3v) is 2.58. The summed E-state index contributed by atoms with van der Waals surface area (Å²) in [6, 6.07) is 3.05. The highest BCUT2D eigenvalue weighted by Crippen LogP contribution is 2.20. The van der Waals surface area contributed by atoms with Crippen molar-refractivity contribution in [3.63, 3.8) is 0 Å². The summed E-state index contributed by atoms with van der Waals surface area (Å²) >= 11 is 1.90. The minimum absolute atomic E-state index is 0.371. The lowest BCUT2D eigenvalue weighted by atomic mass is 10.2. The Kier molecular flexibility index (Phi) is 4.03. The Balaban J connectivity index is 2.77. The summed E-state index contributed by atoms with van der Waals surface area (Å²) in [7, 11) is 0. The van der Waals surface area contributed by atoms with E-state index in [4.69, 9.17) is 0 Å². The van der Waals surface area contributed by atoms with Gasteiger partial charge in [0.1, 0.15) is 5.82 Å². The number of halogens is 4. The summed E-state index contributed by atoms with van der Waals surface area (Å²) in [5.41, 5.74) is 0.528. The number of hydrogen-bond acceptors (Lipinski definition) is 1. The van der Waals surface area contributed by atoms with Crippen LogP contribution in [-0.4, -0.2) is 12.5 Å². The number of hydrogen-bond donors (Lipinski definition) is 1. The zero-order chi connectivity index (χ0) is 10.7. The fraction of sp³-hybridized carbons (Fsp3) is 0.333. The van der Waals surface area contributed by atoms with Gasteiger partial charge in [-0.15, -0.1) is 0 Å². The van der Waals surface area contributed by atoms with Crippen molar-refractivity contribution in [3.8, 4) is 0 Å². The van der Waals surface area contributed by atoms with Crippen molar-refractivity contribution in [1.82, 2.24) is 0 Å². The van der Waals surface area contributed by atoms with Gasteiger partial charge < -0.3 is 5.32 Å². The van der Waals surface area contributed by atoms with Crippen LogP contribution < -0.4 is 5.32 Å². The van der Waals surface area contributed by atoms with Crippen LogP contribution in [0.2, 0.25) is 0 Å². The zero-order valence-corrected chi connectivity index (χ0v) is 9.56. The molecule has 14 heavy (non-hydrogen) atoms. The Morgan fingerprint density at radius 3 is 2.50 bits per heavy atom. The van der Waals surface area contributed by atoms with Gasteiger partial charge in [-0.1, -0.05) is 0 Å². The van der Waals surface area contributed by atoms with Crippen LogP contribution in [0.15, 0.2) is 18.2 Å². The van der Waals surface area contributed by atoms with Crippen molar-refractivity contribution in [2.75, 3.05) is 5.32 Å². The highest BCUT2D eigenvalue weighted by atomic mass is 127. The molecule has 5 heteroatoms. The molecule has 1 rings (SSSR count). The molecule has 1 unspecified atom stereocenters. The number of alkyl halides is 2. The summed E-state index contributed by atoms with van der Waals surface area (Å²) in [6.45, 7) is 1.38. The maximum absolute atomic E-state index is 12.7. The van der Waals surface area contributed by atoms with Gasteiger partial charge in [-0.2, -0.15) is 0 Å². The van der Waals surface area contributed by atoms with E-state index in [1.54, 1.807) is 0 Å². The Morgan fingerprint density at radius 1 is 1.36 bits per heavy atom. The van der Waals surface area contributed by atoms with E-state index in [0.717, 1.165) is 0 Å². The van der Waals surface area contributed by atoms with Gasteiger partial charge in [-0.3, -0.25) is 0 Å². The van der Waals surface area contributed by atoms with E-state index in [9.17, 15) is 13.2 Å². The van der Waals surface area contributed by atoms with E-state index in [-0.39, 0.29) is 5.82 Å². The van der Waals surface area contributed by atoms with Crippen molar-refractivity contribution in [3.05, 3.63) is 27.6 Å². The number of anilines is 1. The summed E-state index contributed by atoms with van der Waals surface area (Å²) in [5.74, 6) is -0.371. The van der Waals surface area contributed by atoms with Crippen LogP contribution in [0.25, 0.3) is 0 Å². The van der Waals surface area contributed by atoms with Crippen LogP contribution >= 0.6 is 22.6 Å². The van der Waals surface area contributed by atoms with Crippen LogP contribution in [0, 0.1) is 9.39 Å². The Labute approximate surface area is 93.8 Å². The normalized spacial score (nSPS) is 13.0. The average molecular weight is 315 g/mol. The van der Waals surface area contributed by atoms with E-state index in [0.29, 0.717) is 9.26 Å². The fourth-order valence-electron chi connectivity index (χ4n) is 0.915. The van der Waals surface area contributed by atoms with Gasteiger partial charge in [-0.25, -0.2) is 13.2 Å². The molecule has 78 valence electrons. The summed E-state index contributed by atoms with van der Waals surface area (Å²) < 4.78 is 37.6. The Hall–Kier alpha value is -0.460. The minimum atomic E-state index is -2.43. The molecule has 1 N–H and O–H groups in total. The summed E-state index contributed by atoms with van der Waals surface area (Å²) in [4.78, 5) is 0. The van der Waals surface area contributed by atoms with E-state index < -0.39 is 12.5 Å². The monoisotopic (exact) mass is 315 g/mol. The van der Waals surface area contributed by atoms with Gasteiger partial charge in [0.15, 0.2) is 0 Å². The molecule has 0 saturated heterocycles. The molecule has 0 radical (unpaired) electrons. The first kappa shape index (κ1) is 11.6. The second kappa shape index (κ2) is 4.86. The molecule has 1 aromatic rings. The van der Waals surface area contributed by atoms with E-state index in [1.807, 2.05) is 22.6 Å². The van der Waals surface area contributed by atoms with E-state index >= 15 is 0 Å². The molecule has 0 spiro atoms. The fourth-order valence-corrected chi connectivity index (χ4v) is 1.55. The second-order valence-corrected chi connectivity index (χ2v) is 4.05. The smallest absolute Gasteiger partial charge is 0.258 e. The van der Waals surface area contributed by atoms with E-state index in [1.165, 1.54) is 25.1 Å². The first-order valence-electron chi connectivity index (χ1n) is 4.00. The minimum Gasteiger partial charge on any atom is -0.376 e. The molecule has 0 saturated carbocycles. The van der Waals surface area contributed by atoms with Crippen molar-refractivity contribution in [1.29, 1.82) is 0 Å². The predicted molar refractivity (Wildman–Crippen MR) is 58.2 cm³/mol. The van der Waals surface area contributed by atoms with Crippen molar-refractivity contribution in [2.45, 2.75) is 19.4 Å². The van der Waals surface area contributed by atoms with E-state index in [2.05, 4.69) is 5.32 Å². The molecule has 0 aliphatic heterocycles. The lowest BCUT2D eigenvalue weighted by Crippen LogP contribution is -2.24. The third kappa shape index (κ3) is 3.04. The number of rotatable bonds is 3. The standard InChI is InChI=1S/C9H9F3IN/c1-5(9(11)12)14-8-3-2-6(10)4-7(8)13/h2-5,9,14H,1H3. The second-order valence-electron chi connectivity index (χ2n) is 2.89. The summed E-state index contributed by atoms with van der Waals surface area (Å²) in [6.07, 6.45) is -2.43. The molecule has 0 aromatic heterocycles. The Morgan fingerprint density at radius 2 is 2.00 bits per heavy atom. The molecular formula is C9H9F3IN. The van der Waals surface area contributed by atoms with Crippen LogP contribution in [0.4, 0.5) is 18.9 Å². The molecule has 1 atom stereocenters. The molecule has 0 amide bonds. The molecule has 1 aromatic carbocycles. The SMILES string of the molecule is CC(Nc1ccc(F)cc1I)C(F)F. The molecule has 0 fully saturated rings. The Bertz CT molecular complexity index is 317. The van der Waals surface area contributed by atoms with Crippen LogP contribution in [0.1, 0.15) is 6.92 Å². The van der Waals surface area contributed by atoms with Crippen molar-refractivity contribution >= 4 is 28.3 Å². The molecule has 0 bridgehead atoms. The van der Waals surface area contributed by atoms with Gasteiger partial charge in [0.05, 0.1) is 6.04 Å². The maximum Gasteiger partial charge on any atom is 0.258 e. The zero-order valence-electron chi connectivity index (χ0n) is 7.40. The number of nitrogens with one attached hydrogen (secondary N) is 1. The summed E-state index contributed by atoms with van der Waals surface area (Å²) in [5, 5.41) is 2.61. The van der Waals surface area contributed by atoms with Gasteiger partial charge in [0, 0.05) is 9.26 Å². The average Bonchev–Trinajstić information content (AvgIpc) is 2.09. The highest BCUT2D eigenvalue weighted by molar-refractivity contribution is 14.1. The number of benzene rings is 1. The van der Waals surface area contributed by atoms with Gasteiger partial charge in [0.25, 0.3) is 6.43 Å². The quantitative estimate of drug-likeness (QED) is 0.842. The molecule has 1 nitrogen and oxygen atoms in total. The van der Waals surface area contributed by atoms with Crippen LogP contribution in [0.5, 0.6) is 0 Å². The van der Waals surface area contributed by atoms with Gasteiger partial charge in [-0.05, 0) is 47.7 Å². The molecular weight excluding hydrogens is 306 g/mol. The molecule has 0 aliphatic carbocycles.